The first kappa shape index (κ1) is 8.88. The van der Waals surface area contributed by atoms with Gasteiger partial charge in [-0.2, -0.15) is 0 Å². The van der Waals surface area contributed by atoms with Crippen molar-refractivity contribution in [3.8, 4) is 0 Å². The SMILES string of the molecule is CC1=C(Cl)OC(=O)C1(C)CCl. The van der Waals surface area contributed by atoms with Gasteiger partial charge in [0.1, 0.15) is 5.41 Å². The van der Waals surface area contributed by atoms with Crippen LogP contribution in [-0.4, -0.2) is 11.8 Å². The maximum absolute atomic E-state index is 11.1. The lowest BCUT2D eigenvalue weighted by molar-refractivity contribution is -0.143. The highest BCUT2D eigenvalue weighted by Gasteiger charge is 2.43. The number of carbonyl (C=O) groups excluding carboxylic acids is 1. The Morgan fingerprint density at radius 2 is 2.18 bits per heavy atom. The van der Waals surface area contributed by atoms with Gasteiger partial charge in [0.05, 0.1) is 0 Å². The monoisotopic (exact) mass is 194 g/mol. The summed E-state index contributed by atoms with van der Waals surface area (Å²) in [6.45, 7) is 3.46. The minimum atomic E-state index is -0.724. The third-order valence-electron chi connectivity index (χ3n) is 2.02. The van der Waals surface area contributed by atoms with Crippen molar-refractivity contribution in [1.29, 1.82) is 0 Å². The first-order chi connectivity index (χ1) is 5.02. The van der Waals surface area contributed by atoms with Crippen molar-refractivity contribution in [2.45, 2.75) is 13.8 Å². The molecule has 4 heteroatoms. The predicted octanol–water partition coefficient (Wildman–Crippen LogP) is 2.26. The van der Waals surface area contributed by atoms with Gasteiger partial charge in [0.15, 0.2) is 5.22 Å². The van der Waals surface area contributed by atoms with Gasteiger partial charge in [0.25, 0.3) is 0 Å². The van der Waals surface area contributed by atoms with Crippen LogP contribution in [0.3, 0.4) is 0 Å². The zero-order valence-corrected chi connectivity index (χ0v) is 7.79. The summed E-state index contributed by atoms with van der Waals surface area (Å²) in [7, 11) is 0. The number of rotatable bonds is 1. The molecule has 0 saturated heterocycles. The lowest BCUT2D eigenvalue weighted by atomic mass is 9.87. The molecule has 0 N–H and O–H groups in total. The van der Waals surface area contributed by atoms with Crippen molar-refractivity contribution in [1.82, 2.24) is 0 Å². The van der Waals surface area contributed by atoms with Crippen LogP contribution in [0.25, 0.3) is 0 Å². The number of alkyl halides is 1. The predicted molar refractivity (Wildman–Crippen MR) is 43.5 cm³/mol. The molecule has 0 aromatic heterocycles. The van der Waals surface area contributed by atoms with E-state index in [4.69, 9.17) is 27.9 Å². The van der Waals surface area contributed by atoms with Crippen LogP contribution in [0, 0.1) is 5.41 Å². The zero-order chi connectivity index (χ0) is 8.65. The van der Waals surface area contributed by atoms with Gasteiger partial charge >= 0.3 is 5.97 Å². The summed E-state index contributed by atoms with van der Waals surface area (Å²) in [6.07, 6.45) is 0. The molecule has 0 fully saturated rings. The molecule has 2 nitrogen and oxygen atoms in total. The van der Waals surface area contributed by atoms with Gasteiger partial charge in [-0.1, -0.05) is 0 Å². The van der Waals surface area contributed by atoms with Gasteiger partial charge in [0, 0.05) is 5.88 Å². The summed E-state index contributed by atoms with van der Waals surface area (Å²) < 4.78 is 4.70. The fourth-order valence-corrected chi connectivity index (χ4v) is 1.38. The molecule has 1 heterocycles. The normalized spacial score (nSPS) is 31.1. The topological polar surface area (TPSA) is 26.3 Å². The Labute approximate surface area is 75.1 Å². The van der Waals surface area contributed by atoms with Crippen molar-refractivity contribution < 1.29 is 9.53 Å². The van der Waals surface area contributed by atoms with Crippen LogP contribution < -0.4 is 0 Å². The maximum Gasteiger partial charge on any atom is 0.323 e. The van der Waals surface area contributed by atoms with Crippen LogP contribution in [0.2, 0.25) is 0 Å². The molecule has 1 rings (SSSR count). The smallest absolute Gasteiger partial charge is 0.323 e. The summed E-state index contributed by atoms with van der Waals surface area (Å²) in [4.78, 5) is 11.1. The Morgan fingerprint density at radius 1 is 1.64 bits per heavy atom. The summed E-state index contributed by atoms with van der Waals surface area (Å²) in [5.41, 5.74) is -0.0160. The fourth-order valence-electron chi connectivity index (χ4n) is 0.795. The Hall–Kier alpha value is -0.210. The van der Waals surface area contributed by atoms with Crippen LogP contribution in [0.1, 0.15) is 13.8 Å². The van der Waals surface area contributed by atoms with Gasteiger partial charge in [-0.3, -0.25) is 4.79 Å². The van der Waals surface area contributed by atoms with Crippen molar-refractivity contribution >= 4 is 29.2 Å². The first-order valence-corrected chi connectivity index (χ1v) is 4.08. The number of cyclic esters (lactones) is 1. The largest absolute Gasteiger partial charge is 0.413 e. The molecule has 1 aliphatic heterocycles. The van der Waals surface area contributed by atoms with Crippen LogP contribution in [0.15, 0.2) is 10.8 Å². The molecule has 0 spiro atoms. The Balaban J connectivity index is 3.05. The molecule has 1 unspecified atom stereocenters. The number of carbonyl (C=O) groups is 1. The van der Waals surface area contributed by atoms with Crippen LogP contribution in [-0.2, 0) is 9.53 Å². The maximum atomic E-state index is 11.1. The van der Waals surface area contributed by atoms with Crippen molar-refractivity contribution in [3.05, 3.63) is 10.8 Å². The van der Waals surface area contributed by atoms with E-state index < -0.39 is 5.41 Å². The second kappa shape index (κ2) is 2.68. The van der Waals surface area contributed by atoms with E-state index in [1.807, 2.05) is 0 Å². The quantitative estimate of drug-likeness (QED) is 0.473. The summed E-state index contributed by atoms with van der Waals surface area (Å²) >= 11 is 11.2. The van der Waals surface area contributed by atoms with E-state index in [9.17, 15) is 4.79 Å². The number of ether oxygens (including phenoxy) is 1. The standard InChI is InChI=1S/C7H8Cl2O2/c1-4-5(9)11-6(10)7(4,2)3-8/h3H2,1-2H3. The van der Waals surface area contributed by atoms with Gasteiger partial charge < -0.3 is 4.74 Å². The molecule has 62 valence electrons. The minimum Gasteiger partial charge on any atom is -0.413 e. The number of esters is 1. The van der Waals surface area contributed by atoms with Gasteiger partial charge in [0.2, 0.25) is 0 Å². The molecule has 0 saturated carbocycles. The average Bonchev–Trinajstić information content (AvgIpc) is 2.16. The average molecular weight is 195 g/mol. The highest BCUT2D eigenvalue weighted by molar-refractivity contribution is 6.31. The molecule has 0 bridgehead atoms. The van der Waals surface area contributed by atoms with Gasteiger partial charge in [-0.15, -0.1) is 11.6 Å². The van der Waals surface area contributed by atoms with E-state index >= 15 is 0 Å². The Kier molecular flexibility index (Phi) is 2.17. The fraction of sp³-hybridized carbons (Fsp3) is 0.571. The Morgan fingerprint density at radius 3 is 2.36 bits per heavy atom. The number of hydrogen-bond acceptors (Lipinski definition) is 2. The van der Waals surface area contributed by atoms with E-state index in [2.05, 4.69) is 0 Å². The molecule has 11 heavy (non-hydrogen) atoms. The Bertz CT molecular complexity index is 235. The lowest BCUT2D eigenvalue weighted by Gasteiger charge is -2.16. The first-order valence-electron chi connectivity index (χ1n) is 3.17. The van der Waals surface area contributed by atoms with E-state index in [0.717, 1.165) is 0 Å². The molecule has 1 atom stereocenters. The zero-order valence-electron chi connectivity index (χ0n) is 6.28. The van der Waals surface area contributed by atoms with Crippen LogP contribution >= 0.6 is 23.2 Å². The van der Waals surface area contributed by atoms with Gasteiger partial charge in [-0.05, 0) is 31.0 Å². The van der Waals surface area contributed by atoms with E-state index in [0.29, 0.717) is 5.57 Å². The molecule has 0 aromatic rings. The van der Waals surface area contributed by atoms with E-state index in [1.165, 1.54) is 0 Å². The highest BCUT2D eigenvalue weighted by Crippen LogP contribution is 2.39. The second-order valence-corrected chi connectivity index (χ2v) is 3.36. The minimum absolute atomic E-state index is 0.165. The van der Waals surface area contributed by atoms with Crippen molar-refractivity contribution in [3.63, 3.8) is 0 Å². The van der Waals surface area contributed by atoms with Crippen LogP contribution in [0.5, 0.6) is 0 Å². The molecular weight excluding hydrogens is 187 g/mol. The third-order valence-corrected chi connectivity index (χ3v) is 2.92. The molecule has 0 amide bonds. The summed E-state index contributed by atoms with van der Waals surface area (Å²) in [6, 6.07) is 0. The number of hydrogen-bond donors (Lipinski definition) is 0. The molecule has 0 aliphatic carbocycles. The molecule has 0 radical (unpaired) electrons. The summed E-state index contributed by atoms with van der Waals surface area (Å²) in [5.74, 6) is -0.163. The highest BCUT2D eigenvalue weighted by atomic mass is 35.5. The van der Waals surface area contributed by atoms with Crippen molar-refractivity contribution in [2.75, 3.05) is 5.88 Å². The third kappa shape index (κ3) is 1.14. The molecule has 0 aromatic carbocycles. The molecule has 1 aliphatic rings. The van der Waals surface area contributed by atoms with E-state index in [-0.39, 0.29) is 17.1 Å². The number of halogens is 2. The summed E-state index contributed by atoms with van der Waals surface area (Å²) in [5, 5.41) is 0.165. The van der Waals surface area contributed by atoms with E-state index in [1.54, 1.807) is 13.8 Å². The molecular formula is C7H8Cl2O2. The second-order valence-electron chi connectivity index (χ2n) is 2.75. The lowest BCUT2D eigenvalue weighted by Crippen LogP contribution is -2.26. The van der Waals surface area contributed by atoms with Gasteiger partial charge in [-0.25, -0.2) is 0 Å². The van der Waals surface area contributed by atoms with Crippen LogP contribution in [0.4, 0.5) is 0 Å². The van der Waals surface area contributed by atoms with Crippen molar-refractivity contribution in [2.24, 2.45) is 5.41 Å².